The Hall–Kier alpha value is -0.0800. The number of hydrogen-bond acceptors (Lipinski definition) is 2. The topological polar surface area (TPSA) is 52.0 Å². The minimum absolute atomic E-state index is 0.791. The van der Waals surface area contributed by atoms with Gasteiger partial charge in [0, 0.05) is 0 Å². The molecule has 2 bridgehead atoms. The summed E-state index contributed by atoms with van der Waals surface area (Å²) in [6, 6.07) is 0. The van der Waals surface area contributed by atoms with Crippen molar-refractivity contribution in [1.82, 2.24) is 0 Å². The summed E-state index contributed by atoms with van der Waals surface area (Å²) in [4.78, 5) is 0. The van der Waals surface area contributed by atoms with Crippen LogP contribution in [0.2, 0.25) is 0 Å². The van der Waals surface area contributed by atoms with Crippen molar-refractivity contribution < 1.29 is 0 Å². The molecule has 16 heavy (non-hydrogen) atoms. The highest BCUT2D eigenvalue weighted by Crippen LogP contribution is 2.60. The summed E-state index contributed by atoms with van der Waals surface area (Å²) < 4.78 is 0. The second kappa shape index (κ2) is 3.99. The molecule has 7 unspecified atom stereocenters. The van der Waals surface area contributed by atoms with Crippen molar-refractivity contribution in [2.75, 3.05) is 13.1 Å². The van der Waals surface area contributed by atoms with Gasteiger partial charge in [-0.3, -0.25) is 0 Å². The van der Waals surface area contributed by atoms with Crippen LogP contribution in [0.25, 0.3) is 0 Å². The third-order valence-corrected chi connectivity index (χ3v) is 5.91. The lowest BCUT2D eigenvalue weighted by Gasteiger charge is -2.29. The van der Waals surface area contributed by atoms with Crippen LogP contribution in [-0.4, -0.2) is 13.1 Å². The van der Waals surface area contributed by atoms with Gasteiger partial charge in [0.1, 0.15) is 0 Å². The average molecular weight is 222 g/mol. The minimum Gasteiger partial charge on any atom is -0.330 e. The summed E-state index contributed by atoms with van der Waals surface area (Å²) in [6.45, 7) is 4.25. The average Bonchev–Trinajstić information content (AvgIpc) is 2.72. The van der Waals surface area contributed by atoms with Crippen LogP contribution >= 0.6 is 0 Å². The van der Waals surface area contributed by atoms with E-state index in [1.807, 2.05) is 0 Å². The molecule has 4 N–H and O–H groups in total. The Balaban J connectivity index is 1.90. The van der Waals surface area contributed by atoms with Gasteiger partial charge in [-0.25, -0.2) is 0 Å². The fourth-order valence-electron chi connectivity index (χ4n) is 5.51. The number of rotatable bonds is 2. The van der Waals surface area contributed by atoms with E-state index in [-0.39, 0.29) is 0 Å². The fourth-order valence-corrected chi connectivity index (χ4v) is 5.51. The molecule has 2 nitrogen and oxygen atoms in total. The molecule has 2 heteroatoms. The Kier molecular flexibility index (Phi) is 2.75. The van der Waals surface area contributed by atoms with Crippen LogP contribution in [0.4, 0.5) is 0 Å². The van der Waals surface area contributed by atoms with Crippen LogP contribution in [0.5, 0.6) is 0 Å². The van der Waals surface area contributed by atoms with Gasteiger partial charge in [0.15, 0.2) is 0 Å². The van der Waals surface area contributed by atoms with Crippen LogP contribution in [0.1, 0.15) is 32.6 Å². The quantitative estimate of drug-likeness (QED) is 0.749. The largest absolute Gasteiger partial charge is 0.330 e. The molecular weight excluding hydrogens is 196 g/mol. The standard InChI is InChI=1S/C14H26N2/c1-8-2-9-4-11(6-15)14-12(9)5-10(3-8)13(14)7-16/h8-14H,2-7,15-16H2,1H3. The van der Waals surface area contributed by atoms with Crippen molar-refractivity contribution in [2.45, 2.75) is 32.6 Å². The molecule has 3 saturated carbocycles. The molecule has 0 aromatic heterocycles. The van der Waals surface area contributed by atoms with Crippen LogP contribution in [0.15, 0.2) is 0 Å². The molecule has 0 amide bonds. The zero-order valence-corrected chi connectivity index (χ0v) is 10.4. The van der Waals surface area contributed by atoms with E-state index >= 15 is 0 Å². The van der Waals surface area contributed by atoms with E-state index in [1.165, 1.54) is 25.7 Å². The fraction of sp³-hybridized carbons (Fsp3) is 1.00. The monoisotopic (exact) mass is 222 g/mol. The first-order valence-electron chi connectivity index (χ1n) is 7.14. The number of nitrogens with two attached hydrogens (primary N) is 2. The van der Waals surface area contributed by atoms with Gasteiger partial charge in [-0.1, -0.05) is 6.92 Å². The summed E-state index contributed by atoms with van der Waals surface area (Å²) in [5.41, 5.74) is 12.0. The van der Waals surface area contributed by atoms with Crippen molar-refractivity contribution in [3.05, 3.63) is 0 Å². The first-order chi connectivity index (χ1) is 7.74. The van der Waals surface area contributed by atoms with Gasteiger partial charge in [0.2, 0.25) is 0 Å². The predicted octanol–water partition coefficient (Wildman–Crippen LogP) is 1.84. The first kappa shape index (κ1) is 11.0. The molecule has 7 atom stereocenters. The molecule has 0 radical (unpaired) electrons. The molecule has 92 valence electrons. The van der Waals surface area contributed by atoms with Crippen LogP contribution in [0.3, 0.4) is 0 Å². The van der Waals surface area contributed by atoms with Crippen molar-refractivity contribution >= 4 is 0 Å². The SMILES string of the molecule is CC1CC2CC3C(C1)CC(CN)C3C2CN. The molecule has 3 aliphatic carbocycles. The van der Waals surface area contributed by atoms with E-state index in [9.17, 15) is 0 Å². The second-order valence-corrected chi connectivity index (χ2v) is 6.70. The lowest BCUT2D eigenvalue weighted by Crippen LogP contribution is -2.32. The molecule has 0 aliphatic heterocycles. The van der Waals surface area contributed by atoms with Crippen LogP contribution in [0, 0.1) is 41.4 Å². The lowest BCUT2D eigenvalue weighted by molar-refractivity contribution is 0.209. The van der Waals surface area contributed by atoms with Gasteiger partial charge in [-0.15, -0.1) is 0 Å². The Bertz CT molecular complexity index is 261. The highest BCUT2D eigenvalue weighted by atomic mass is 14.7. The highest BCUT2D eigenvalue weighted by Gasteiger charge is 2.54. The minimum atomic E-state index is 0.791. The van der Waals surface area contributed by atoms with Crippen molar-refractivity contribution in [3.63, 3.8) is 0 Å². The number of hydrogen-bond donors (Lipinski definition) is 2. The highest BCUT2D eigenvalue weighted by molar-refractivity contribution is 5.04. The Morgan fingerprint density at radius 2 is 1.69 bits per heavy atom. The summed E-state index contributed by atoms with van der Waals surface area (Å²) in [5, 5.41) is 0. The Labute approximate surface area is 99.1 Å². The zero-order valence-electron chi connectivity index (χ0n) is 10.4. The summed E-state index contributed by atoms with van der Waals surface area (Å²) in [7, 11) is 0. The third kappa shape index (κ3) is 1.46. The maximum Gasteiger partial charge on any atom is -0.00433 e. The van der Waals surface area contributed by atoms with Gasteiger partial charge in [-0.2, -0.15) is 0 Å². The predicted molar refractivity (Wildman–Crippen MR) is 66.7 cm³/mol. The van der Waals surface area contributed by atoms with Gasteiger partial charge >= 0.3 is 0 Å². The zero-order chi connectivity index (χ0) is 11.3. The van der Waals surface area contributed by atoms with E-state index in [4.69, 9.17) is 11.5 Å². The van der Waals surface area contributed by atoms with Crippen molar-refractivity contribution in [1.29, 1.82) is 0 Å². The van der Waals surface area contributed by atoms with E-state index in [2.05, 4.69) is 6.92 Å². The molecule has 0 saturated heterocycles. The molecule has 0 heterocycles. The van der Waals surface area contributed by atoms with Gasteiger partial charge in [-0.05, 0) is 80.2 Å². The van der Waals surface area contributed by atoms with Gasteiger partial charge in [0.25, 0.3) is 0 Å². The molecule has 0 aromatic rings. The maximum atomic E-state index is 6.05. The molecule has 3 fully saturated rings. The van der Waals surface area contributed by atoms with E-state index in [0.29, 0.717) is 0 Å². The summed E-state index contributed by atoms with van der Waals surface area (Å²) >= 11 is 0. The summed E-state index contributed by atoms with van der Waals surface area (Å²) in [6.07, 6.45) is 5.77. The lowest BCUT2D eigenvalue weighted by atomic mass is 9.77. The van der Waals surface area contributed by atoms with Crippen molar-refractivity contribution in [3.8, 4) is 0 Å². The molecule has 3 rings (SSSR count). The van der Waals surface area contributed by atoms with E-state index in [0.717, 1.165) is 54.5 Å². The Morgan fingerprint density at radius 1 is 0.938 bits per heavy atom. The van der Waals surface area contributed by atoms with Gasteiger partial charge in [0.05, 0.1) is 0 Å². The van der Waals surface area contributed by atoms with Crippen LogP contribution < -0.4 is 11.5 Å². The molecular formula is C14H26N2. The molecule has 0 aromatic carbocycles. The maximum absolute atomic E-state index is 6.05. The smallest absolute Gasteiger partial charge is 0.00433 e. The second-order valence-electron chi connectivity index (χ2n) is 6.70. The molecule has 0 spiro atoms. The van der Waals surface area contributed by atoms with E-state index < -0.39 is 0 Å². The van der Waals surface area contributed by atoms with Crippen molar-refractivity contribution in [2.24, 2.45) is 52.9 Å². The normalized spacial score (nSPS) is 55.3. The summed E-state index contributed by atoms with van der Waals surface area (Å²) in [5.74, 6) is 6.29. The van der Waals surface area contributed by atoms with Crippen LogP contribution in [-0.2, 0) is 0 Å². The van der Waals surface area contributed by atoms with E-state index in [1.54, 1.807) is 0 Å². The first-order valence-corrected chi connectivity index (χ1v) is 7.14. The molecule has 3 aliphatic rings. The number of fused-ring (bicyclic) bond motifs is 1. The van der Waals surface area contributed by atoms with Gasteiger partial charge < -0.3 is 11.5 Å². The Morgan fingerprint density at radius 3 is 2.38 bits per heavy atom. The third-order valence-electron chi connectivity index (χ3n) is 5.91.